The summed E-state index contributed by atoms with van der Waals surface area (Å²) >= 11 is 6.13. The predicted octanol–water partition coefficient (Wildman–Crippen LogP) is 4.98. The zero-order valence-electron chi connectivity index (χ0n) is 15.8. The number of hydrogen-bond acceptors (Lipinski definition) is 4. The van der Waals surface area contributed by atoms with Crippen LogP contribution in [0.3, 0.4) is 0 Å². The van der Waals surface area contributed by atoms with E-state index in [0.29, 0.717) is 33.4 Å². The first-order chi connectivity index (χ1) is 14.0. The molecule has 0 bridgehead atoms. The zero-order valence-corrected chi connectivity index (χ0v) is 16.6. The molecular formula is C22H17ClFN3O2. The summed E-state index contributed by atoms with van der Waals surface area (Å²) in [5, 5.41) is 0.524. The van der Waals surface area contributed by atoms with Crippen LogP contribution in [0.25, 0.3) is 23.4 Å². The number of nitrogens with zero attached hydrogens (tertiary/aromatic N) is 3. The van der Waals surface area contributed by atoms with E-state index in [4.69, 9.17) is 16.3 Å². The van der Waals surface area contributed by atoms with Gasteiger partial charge in [-0.05, 0) is 35.9 Å². The van der Waals surface area contributed by atoms with Crippen LogP contribution in [-0.2, 0) is 11.3 Å². The molecule has 0 fully saturated rings. The Morgan fingerprint density at radius 1 is 1.21 bits per heavy atom. The van der Waals surface area contributed by atoms with Crippen molar-refractivity contribution in [3.8, 4) is 17.1 Å². The van der Waals surface area contributed by atoms with Gasteiger partial charge in [0.05, 0.1) is 25.0 Å². The Morgan fingerprint density at radius 3 is 2.72 bits per heavy atom. The lowest BCUT2D eigenvalue weighted by Gasteiger charge is -2.26. The van der Waals surface area contributed by atoms with Crippen LogP contribution < -0.4 is 9.64 Å². The molecule has 3 aromatic rings. The van der Waals surface area contributed by atoms with Crippen LogP contribution in [0.4, 0.5) is 10.1 Å². The molecule has 0 N–H and O–H groups in total. The Labute approximate surface area is 172 Å². The number of carbonyl (C=O) groups excluding carboxylic acids is 1. The average molecular weight is 410 g/mol. The highest BCUT2D eigenvalue weighted by atomic mass is 35.5. The lowest BCUT2D eigenvalue weighted by atomic mass is 10.0. The van der Waals surface area contributed by atoms with Gasteiger partial charge in [0, 0.05) is 35.3 Å². The van der Waals surface area contributed by atoms with Crippen LogP contribution in [0, 0.1) is 5.82 Å². The van der Waals surface area contributed by atoms with Crippen molar-refractivity contribution in [1.29, 1.82) is 0 Å². The molecule has 1 aromatic carbocycles. The Morgan fingerprint density at radius 2 is 2.03 bits per heavy atom. The van der Waals surface area contributed by atoms with Crippen LogP contribution in [0.5, 0.6) is 5.88 Å². The third-order valence-corrected chi connectivity index (χ3v) is 4.96. The van der Waals surface area contributed by atoms with Gasteiger partial charge in [0.2, 0.25) is 11.8 Å². The minimum Gasteiger partial charge on any atom is -0.481 e. The van der Waals surface area contributed by atoms with Gasteiger partial charge in [-0.3, -0.25) is 4.79 Å². The van der Waals surface area contributed by atoms with E-state index < -0.39 is 5.82 Å². The molecule has 0 saturated heterocycles. The molecule has 29 heavy (non-hydrogen) atoms. The number of anilines is 1. The maximum absolute atomic E-state index is 14.9. The molecule has 146 valence electrons. The fourth-order valence-corrected chi connectivity index (χ4v) is 3.42. The van der Waals surface area contributed by atoms with E-state index in [1.54, 1.807) is 29.2 Å². The first kappa shape index (κ1) is 19.1. The lowest BCUT2D eigenvalue weighted by Crippen LogP contribution is -2.29. The first-order valence-electron chi connectivity index (χ1n) is 8.92. The highest BCUT2D eigenvalue weighted by Crippen LogP contribution is 2.32. The van der Waals surface area contributed by atoms with E-state index >= 15 is 0 Å². The SMILES string of the molecule is COc1ccc(-c2nc3c(cc2F)CN(C(C)=O)c2cc(Cl)ccc2/C=C\3)cn1. The van der Waals surface area contributed by atoms with Gasteiger partial charge < -0.3 is 9.64 Å². The van der Waals surface area contributed by atoms with Crippen LogP contribution in [0.15, 0.2) is 42.6 Å². The van der Waals surface area contributed by atoms with E-state index in [-0.39, 0.29) is 18.1 Å². The molecule has 0 radical (unpaired) electrons. The standard InChI is InChI=1S/C22H17ClFN3O2/c1-13(28)27-12-16-9-18(24)22(15-5-8-21(29-2)25-11-15)26-19(16)7-4-14-3-6-17(23)10-20(14)27/h3-11H,12H2,1-2H3/b7-4-. The molecule has 0 spiro atoms. The maximum atomic E-state index is 14.9. The highest BCUT2D eigenvalue weighted by Gasteiger charge is 2.21. The van der Waals surface area contributed by atoms with Crippen LogP contribution in [0.2, 0.25) is 5.02 Å². The number of fused-ring (bicyclic) bond motifs is 2. The van der Waals surface area contributed by atoms with Gasteiger partial charge in [-0.1, -0.05) is 23.7 Å². The number of amides is 1. The van der Waals surface area contributed by atoms with Crippen molar-refractivity contribution in [2.45, 2.75) is 13.5 Å². The fraction of sp³-hybridized carbons (Fsp3) is 0.136. The van der Waals surface area contributed by atoms with Crippen LogP contribution in [0.1, 0.15) is 23.7 Å². The summed E-state index contributed by atoms with van der Waals surface area (Å²) in [6, 6.07) is 10.1. The smallest absolute Gasteiger partial charge is 0.224 e. The fourth-order valence-electron chi connectivity index (χ4n) is 3.25. The second-order valence-electron chi connectivity index (χ2n) is 6.59. The predicted molar refractivity (Wildman–Crippen MR) is 111 cm³/mol. The molecule has 1 amide bonds. The molecule has 0 aliphatic carbocycles. The Bertz CT molecular complexity index is 1130. The molecular weight excluding hydrogens is 393 g/mol. The maximum Gasteiger partial charge on any atom is 0.224 e. The topological polar surface area (TPSA) is 55.3 Å². The van der Waals surface area contributed by atoms with Gasteiger partial charge >= 0.3 is 0 Å². The van der Waals surface area contributed by atoms with Crippen molar-refractivity contribution in [2.75, 3.05) is 12.0 Å². The summed E-state index contributed by atoms with van der Waals surface area (Å²) in [6.45, 7) is 1.66. The number of benzene rings is 1. The Balaban J connectivity index is 1.84. The number of halogens is 2. The Hall–Kier alpha value is -3.25. The summed E-state index contributed by atoms with van der Waals surface area (Å²) in [5.41, 5.74) is 3.42. The largest absolute Gasteiger partial charge is 0.481 e. The van der Waals surface area contributed by atoms with Crippen molar-refractivity contribution in [2.24, 2.45) is 0 Å². The molecule has 7 heteroatoms. The summed E-state index contributed by atoms with van der Waals surface area (Å²) in [5.74, 6) is -0.217. The third kappa shape index (κ3) is 3.71. The molecule has 4 rings (SSSR count). The van der Waals surface area contributed by atoms with Crippen molar-refractivity contribution in [3.05, 3.63) is 70.3 Å². The van der Waals surface area contributed by atoms with E-state index in [9.17, 15) is 9.18 Å². The van der Waals surface area contributed by atoms with Crippen molar-refractivity contribution in [3.63, 3.8) is 0 Å². The average Bonchev–Trinajstić information content (AvgIpc) is 2.70. The number of hydrogen-bond donors (Lipinski definition) is 0. The van der Waals surface area contributed by atoms with Gasteiger partial charge in [-0.2, -0.15) is 0 Å². The van der Waals surface area contributed by atoms with E-state index in [1.165, 1.54) is 26.3 Å². The number of methoxy groups -OCH3 is 1. The van der Waals surface area contributed by atoms with E-state index in [2.05, 4.69) is 9.97 Å². The summed E-state index contributed by atoms with van der Waals surface area (Å²) in [4.78, 5) is 22.5. The molecule has 5 nitrogen and oxygen atoms in total. The molecule has 2 aromatic heterocycles. The highest BCUT2D eigenvalue weighted by molar-refractivity contribution is 6.31. The van der Waals surface area contributed by atoms with Crippen LogP contribution in [-0.4, -0.2) is 23.0 Å². The number of carbonyl (C=O) groups is 1. The third-order valence-electron chi connectivity index (χ3n) is 4.72. The molecule has 1 aliphatic heterocycles. The van der Waals surface area contributed by atoms with Gasteiger partial charge in [0.25, 0.3) is 0 Å². The molecule has 0 saturated carbocycles. The number of aromatic nitrogens is 2. The summed E-state index contributed by atoms with van der Waals surface area (Å²) in [7, 11) is 1.52. The van der Waals surface area contributed by atoms with Gasteiger partial charge in [-0.25, -0.2) is 14.4 Å². The van der Waals surface area contributed by atoms with Crippen molar-refractivity contribution in [1.82, 2.24) is 9.97 Å². The first-order valence-corrected chi connectivity index (χ1v) is 9.29. The molecule has 0 atom stereocenters. The van der Waals surface area contributed by atoms with E-state index in [0.717, 1.165) is 5.56 Å². The molecule has 3 heterocycles. The summed E-state index contributed by atoms with van der Waals surface area (Å²) < 4.78 is 19.9. The monoisotopic (exact) mass is 409 g/mol. The lowest BCUT2D eigenvalue weighted by molar-refractivity contribution is -0.116. The van der Waals surface area contributed by atoms with Gasteiger partial charge in [-0.15, -0.1) is 0 Å². The second-order valence-corrected chi connectivity index (χ2v) is 7.03. The molecule has 0 unspecified atom stereocenters. The van der Waals surface area contributed by atoms with E-state index in [1.807, 2.05) is 18.2 Å². The molecule has 1 aliphatic rings. The normalized spacial score (nSPS) is 13.7. The van der Waals surface area contributed by atoms with Gasteiger partial charge in [0.15, 0.2) is 0 Å². The quantitative estimate of drug-likeness (QED) is 0.599. The summed E-state index contributed by atoms with van der Waals surface area (Å²) in [6.07, 6.45) is 5.18. The van der Waals surface area contributed by atoms with Crippen molar-refractivity contribution < 1.29 is 13.9 Å². The van der Waals surface area contributed by atoms with Crippen molar-refractivity contribution >= 4 is 35.3 Å². The minimum absolute atomic E-state index is 0.168. The number of pyridine rings is 2. The minimum atomic E-state index is -0.487. The zero-order chi connectivity index (χ0) is 20.5. The number of rotatable bonds is 2. The van der Waals surface area contributed by atoms with Crippen LogP contribution >= 0.6 is 11.6 Å². The second kappa shape index (κ2) is 7.64. The Kier molecular flexibility index (Phi) is 5.03. The van der Waals surface area contributed by atoms with Gasteiger partial charge in [0.1, 0.15) is 11.5 Å². The number of ether oxygens (including phenoxy) is 1.